The third-order valence-electron chi connectivity index (χ3n) is 2.65. The van der Waals surface area contributed by atoms with E-state index in [2.05, 4.69) is 9.97 Å². The first-order valence-electron chi connectivity index (χ1n) is 5.14. The van der Waals surface area contributed by atoms with Crippen LogP contribution in [0.5, 0.6) is 0 Å². The summed E-state index contributed by atoms with van der Waals surface area (Å²) in [5.74, 6) is -1.19. The van der Waals surface area contributed by atoms with Crippen molar-refractivity contribution in [3.05, 3.63) is 23.3 Å². The number of nitrogens with zero attached hydrogens (tertiary/aromatic N) is 2. The van der Waals surface area contributed by atoms with Crippen LogP contribution in [-0.2, 0) is 32.6 Å². The van der Waals surface area contributed by atoms with E-state index in [0.717, 1.165) is 0 Å². The maximum absolute atomic E-state index is 11.4. The Morgan fingerprint density at radius 2 is 2.24 bits per heavy atom. The smallest absolute Gasteiger partial charge is 0.306 e. The summed E-state index contributed by atoms with van der Waals surface area (Å²) in [7, 11) is -3.09. The third-order valence-corrected chi connectivity index (χ3v) is 4.11. The normalized spacial score (nSPS) is 18.6. The molecule has 0 spiro atoms. The highest BCUT2D eigenvalue weighted by molar-refractivity contribution is 7.90. The minimum Gasteiger partial charge on any atom is -0.481 e. The quantitative estimate of drug-likeness (QED) is 0.827. The summed E-state index contributed by atoms with van der Waals surface area (Å²) in [6.07, 6.45) is 1.69. The van der Waals surface area contributed by atoms with E-state index in [4.69, 9.17) is 5.11 Å². The fourth-order valence-electron chi connectivity index (χ4n) is 1.68. The number of carboxylic acid groups (broad SMARTS) is 1. The molecule has 0 aromatic carbocycles. The van der Waals surface area contributed by atoms with Gasteiger partial charge in [-0.2, -0.15) is 0 Å². The molecule has 1 unspecified atom stereocenters. The van der Waals surface area contributed by atoms with Gasteiger partial charge < -0.3 is 5.11 Å². The monoisotopic (exact) mass is 256 g/mol. The van der Waals surface area contributed by atoms with Gasteiger partial charge in [-0.1, -0.05) is 6.92 Å². The van der Waals surface area contributed by atoms with Crippen molar-refractivity contribution in [2.24, 2.45) is 5.92 Å². The van der Waals surface area contributed by atoms with Crippen molar-refractivity contribution in [2.45, 2.75) is 24.9 Å². The van der Waals surface area contributed by atoms with Gasteiger partial charge in [0.25, 0.3) is 0 Å². The predicted octanol–water partition coefficient (Wildman–Crippen LogP) is 0.168. The molecule has 0 aliphatic carbocycles. The molecule has 17 heavy (non-hydrogen) atoms. The molecule has 0 fully saturated rings. The van der Waals surface area contributed by atoms with Crippen molar-refractivity contribution in [3.8, 4) is 0 Å². The molecule has 7 heteroatoms. The Morgan fingerprint density at radius 3 is 2.88 bits per heavy atom. The van der Waals surface area contributed by atoms with E-state index in [-0.39, 0.29) is 17.9 Å². The molecule has 6 nitrogen and oxygen atoms in total. The van der Waals surface area contributed by atoms with E-state index < -0.39 is 21.7 Å². The number of rotatable bonds is 3. The predicted molar refractivity (Wildman–Crippen MR) is 58.9 cm³/mol. The number of aromatic nitrogens is 2. The van der Waals surface area contributed by atoms with Gasteiger partial charge in [0.1, 0.15) is 5.82 Å². The highest BCUT2D eigenvalue weighted by atomic mass is 32.2. The van der Waals surface area contributed by atoms with Crippen molar-refractivity contribution in [2.75, 3.05) is 0 Å². The van der Waals surface area contributed by atoms with Gasteiger partial charge in [-0.05, 0) is 0 Å². The maximum Gasteiger partial charge on any atom is 0.306 e. The van der Waals surface area contributed by atoms with Crippen LogP contribution >= 0.6 is 0 Å². The lowest BCUT2D eigenvalue weighted by Gasteiger charge is -2.05. The van der Waals surface area contributed by atoms with Crippen LogP contribution in [0.3, 0.4) is 0 Å². The van der Waals surface area contributed by atoms with Crippen LogP contribution in [0, 0.1) is 5.92 Å². The molecule has 0 radical (unpaired) electrons. The molecule has 1 aliphatic rings. The molecule has 0 saturated carbocycles. The van der Waals surface area contributed by atoms with Crippen LogP contribution in [-0.4, -0.2) is 29.5 Å². The summed E-state index contributed by atoms with van der Waals surface area (Å²) in [5.41, 5.74) is 1.13. The highest BCUT2D eigenvalue weighted by Gasteiger charge is 2.27. The zero-order valence-corrected chi connectivity index (χ0v) is 10.1. The Hall–Kier alpha value is -1.50. The molecule has 1 N–H and O–H groups in total. The zero-order valence-electron chi connectivity index (χ0n) is 9.25. The number of aliphatic carboxylic acids is 1. The van der Waals surface area contributed by atoms with E-state index in [1.54, 1.807) is 6.92 Å². The van der Waals surface area contributed by atoms with Gasteiger partial charge >= 0.3 is 5.97 Å². The second kappa shape index (κ2) is 4.06. The molecule has 1 aromatic heterocycles. The van der Waals surface area contributed by atoms with Crippen LogP contribution in [0.2, 0.25) is 0 Å². The number of fused-ring (bicyclic) bond motifs is 1. The largest absolute Gasteiger partial charge is 0.481 e. The minimum atomic E-state index is -3.09. The molecule has 2 rings (SSSR count). The van der Waals surface area contributed by atoms with Crippen molar-refractivity contribution in [1.82, 2.24) is 9.97 Å². The van der Waals surface area contributed by atoms with Crippen molar-refractivity contribution in [3.63, 3.8) is 0 Å². The Balaban J connectivity index is 2.22. The second-order valence-corrected chi connectivity index (χ2v) is 6.30. The summed E-state index contributed by atoms with van der Waals surface area (Å²) in [4.78, 5) is 18.8. The average molecular weight is 256 g/mol. The Labute approximate surface area is 98.6 Å². The van der Waals surface area contributed by atoms with Gasteiger partial charge in [0, 0.05) is 18.2 Å². The van der Waals surface area contributed by atoms with E-state index in [1.165, 1.54) is 6.20 Å². The van der Waals surface area contributed by atoms with Crippen LogP contribution in [0.4, 0.5) is 0 Å². The summed E-state index contributed by atoms with van der Waals surface area (Å²) >= 11 is 0. The van der Waals surface area contributed by atoms with Crippen LogP contribution in [0.25, 0.3) is 0 Å². The summed E-state index contributed by atoms with van der Waals surface area (Å²) in [6.45, 7) is 1.57. The van der Waals surface area contributed by atoms with Crippen LogP contribution in [0.1, 0.15) is 24.0 Å². The molecule has 1 aliphatic heterocycles. The topological polar surface area (TPSA) is 97.2 Å². The van der Waals surface area contributed by atoms with Gasteiger partial charge in [-0.15, -0.1) is 0 Å². The number of hydrogen-bond acceptors (Lipinski definition) is 5. The number of sulfone groups is 1. The van der Waals surface area contributed by atoms with Gasteiger partial charge in [-0.3, -0.25) is 4.79 Å². The summed E-state index contributed by atoms with van der Waals surface area (Å²) < 4.78 is 22.7. The molecule has 1 atom stereocenters. The zero-order chi connectivity index (χ0) is 12.6. The summed E-state index contributed by atoms with van der Waals surface area (Å²) in [5, 5.41) is 8.77. The molecule has 1 aromatic rings. The van der Waals surface area contributed by atoms with Crippen LogP contribution < -0.4 is 0 Å². The maximum atomic E-state index is 11.4. The standard InChI is InChI=1S/C10H12N2O4S/c1-6(10(13)14)2-9-11-3-7-4-17(15,16)5-8(7)12-9/h3,6H,2,4-5H2,1H3,(H,13,14). The van der Waals surface area contributed by atoms with E-state index in [0.29, 0.717) is 17.1 Å². The number of hydrogen-bond donors (Lipinski definition) is 1. The fourth-order valence-corrected chi connectivity index (χ4v) is 3.17. The van der Waals surface area contributed by atoms with Crippen LogP contribution in [0.15, 0.2) is 6.20 Å². The number of carbonyl (C=O) groups is 1. The van der Waals surface area contributed by atoms with Crippen molar-refractivity contribution >= 4 is 15.8 Å². The third kappa shape index (κ3) is 2.60. The van der Waals surface area contributed by atoms with Gasteiger partial charge in [0.2, 0.25) is 0 Å². The van der Waals surface area contributed by atoms with E-state index >= 15 is 0 Å². The fraction of sp³-hybridized carbons (Fsp3) is 0.500. The molecule has 92 valence electrons. The molecule has 2 heterocycles. The molecular weight excluding hydrogens is 244 g/mol. The number of carboxylic acids is 1. The van der Waals surface area contributed by atoms with Gasteiger partial charge in [0.15, 0.2) is 9.84 Å². The molecular formula is C10H12N2O4S. The lowest BCUT2D eigenvalue weighted by Crippen LogP contribution is -2.14. The van der Waals surface area contributed by atoms with E-state index in [9.17, 15) is 13.2 Å². The SMILES string of the molecule is CC(Cc1ncc2c(n1)CS(=O)(=O)C2)C(=O)O. The Kier molecular flexibility index (Phi) is 2.86. The average Bonchev–Trinajstić information content (AvgIpc) is 2.50. The van der Waals surface area contributed by atoms with E-state index in [1.807, 2.05) is 0 Å². The van der Waals surface area contributed by atoms with Crippen molar-refractivity contribution < 1.29 is 18.3 Å². The molecule has 0 saturated heterocycles. The molecule has 0 bridgehead atoms. The Morgan fingerprint density at radius 1 is 1.53 bits per heavy atom. The minimum absolute atomic E-state index is 0.0168. The lowest BCUT2D eigenvalue weighted by atomic mass is 10.1. The first-order valence-corrected chi connectivity index (χ1v) is 6.96. The molecule has 0 amide bonds. The first kappa shape index (κ1) is 12.0. The Bertz CT molecular complexity index is 568. The van der Waals surface area contributed by atoms with Gasteiger partial charge in [-0.25, -0.2) is 18.4 Å². The summed E-state index contributed by atoms with van der Waals surface area (Å²) in [6, 6.07) is 0. The first-order chi connectivity index (χ1) is 7.87. The highest BCUT2D eigenvalue weighted by Crippen LogP contribution is 2.22. The van der Waals surface area contributed by atoms with Crippen molar-refractivity contribution in [1.29, 1.82) is 0 Å². The lowest BCUT2D eigenvalue weighted by molar-refractivity contribution is -0.141. The second-order valence-electron chi connectivity index (χ2n) is 4.23. The van der Waals surface area contributed by atoms with Gasteiger partial charge in [0.05, 0.1) is 23.1 Å².